The number of hydrogen-bond donors (Lipinski definition) is 1. The average molecular weight is 293 g/mol. The number of ether oxygens (including phenoxy) is 1. The average Bonchev–Trinajstić information content (AvgIpc) is 2.35. The Morgan fingerprint density at radius 3 is 2.67 bits per heavy atom. The molecular formula is C15H23N3O3. The van der Waals surface area contributed by atoms with Crippen molar-refractivity contribution in [1.82, 2.24) is 5.32 Å². The lowest BCUT2D eigenvalue weighted by atomic mass is 10.1. The Morgan fingerprint density at radius 2 is 2.19 bits per heavy atom. The van der Waals surface area contributed by atoms with Crippen molar-refractivity contribution in [2.75, 3.05) is 24.5 Å². The van der Waals surface area contributed by atoms with Crippen LogP contribution in [0.3, 0.4) is 0 Å². The number of hydrogen-bond acceptors (Lipinski definition) is 5. The number of nitrogens with one attached hydrogen (secondary N) is 1. The van der Waals surface area contributed by atoms with Crippen LogP contribution in [0.1, 0.15) is 27.2 Å². The fourth-order valence-electron chi connectivity index (χ4n) is 2.44. The maximum Gasteiger partial charge on any atom is 0.311 e. The molecule has 6 nitrogen and oxygen atoms in total. The lowest BCUT2D eigenvalue weighted by Gasteiger charge is -2.40. The maximum absolute atomic E-state index is 11.1. The minimum absolute atomic E-state index is 0.0237. The minimum Gasteiger partial charge on any atom is -0.484 e. The molecule has 0 bridgehead atoms. The van der Waals surface area contributed by atoms with Crippen molar-refractivity contribution in [1.29, 1.82) is 0 Å². The van der Waals surface area contributed by atoms with Crippen LogP contribution in [0.5, 0.6) is 5.75 Å². The molecule has 1 fully saturated rings. The number of nitro groups is 1. The Labute approximate surface area is 125 Å². The van der Waals surface area contributed by atoms with Gasteiger partial charge in [-0.15, -0.1) is 0 Å². The summed E-state index contributed by atoms with van der Waals surface area (Å²) in [6.45, 7) is 8.72. The molecule has 0 unspecified atom stereocenters. The molecule has 0 saturated carbocycles. The molecule has 1 heterocycles. The molecule has 0 aliphatic carbocycles. The van der Waals surface area contributed by atoms with E-state index in [0.29, 0.717) is 11.8 Å². The molecule has 1 N–H and O–H groups in total. The van der Waals surface area contributed by atoms with E-state index in [0.717, 1.165) is 31.7 Å². The summed E-state index contributed by atoms with van der Waals surface area (Å²) in [5, 5.41) is 14.4. The molecule has 2 rings (SSSR count). The molecule has 1 aliphatic heterocycles. The first kappa shape index (κ1) is 15.6. The van der Waals surface area contributed by atoms with Crippen molar-refractivity contribution in [2.45, 2.75) is 39.3 Å². The zero-order valence-electron chi connectivity index (χ0n) is 12.8. The van der Waals surface area contributed by atoms with Gasteiger partial charge in [0.25, 0.3) is 0 Å². The highest BCUT2D eigenvalue weighted by molar-refractivity contribution is 5.60. The molecule has 0 spiro atoms. The molecule has 0 aromatic heterocycles. The Hall–Kier alpha value is -1.82. The van der Waals surface area contributed by atoms with Gasteiger partial charge in [-0.25, -0.2) is 0 Å². The SMILES string of the molecule is CCCN(c1ccc([N+](=O)[O-])c(OC(C)C)c1)C1CNC1. The molecular weight excluding hydrogens is 270 g/mol. The second-order valence-corrected chi connectivity index (χ2v) is 5.58. The van der Waals surface area contributed by atoms with Crippen LogP contribution in [-0.2, 0) is 0 Å². The summed E-state index contributed by atoms with van der Waals surface area (Å²) in [6.07, 6.45) is 0.942. The predicted molar refractivity (Wildman–Crippen MR) is 83.2 cm³/mol. The molecule has 1 aliphatic rings. The molecule has 21 heavy (non-hydrogen) atoms. The van der Waals surface area contributed by atoms with Crippen LogP contribution in [0.2, 0.25) is 0 Å². The highest BCUT2D eigenvalue weighted by Crippen LogP contribution is 2.33. The molecule has 1 aromatic rings. The predicted octanol–water partition coefficient (Wildman–Crippen LogP) is 2.57. The largest absolute Gasteiger partial charge is 0.484 e. The summed E-state index contributed by atoms with van der Waals surface area (Å²) in [6, 6.07) is 5.62. The standard InChI is InChI=1S/C15H23N3O3/c1-4-7-17(13-9-16-10-13)12-5-6-14(18(19)20)15(8-12)21-11(2)3/h5-6,8,11,13,16H,4,7,9-10H2,1-3H3. The zero-order valence-corrected chi connectivity index (χ0v) is 12.8. The van der Waals surface area contributed by atoms with Crippen LogP contribution < -0.4 is 15.0 Å². The number of benzene rings is 1. The van der Waals surface area contributed by atoms with Crippen molar-refractivity contribution in [3.8, 4) is 5.75 Å². The van der Waals surface area contributed by atoms with E-state index in [2.05, 4.69) is 17.1 Å². The Balaban J connectivity index is 2.31. The van der Waals surface area contributed by atoms with Gasteiger partial charge in [0.2, 0.25) is 0 Å². The topological polar surface area (TPSA) is 67.6 Å². The Bertz CT molecular complexity index is 501. The van der Waals surface area contributed by atoms with Crippen molar-refractivity contribution in [3.63, 3.8) is 0 Å². The highest BCUT2D eigenvalue weighted by Gasteiger charge is 2.26. The monoisotopic (exact) mass is 293 g/mol. The maximum atomic E-state index is 11.1. The van der Waals surface area contributed by atoms with Gasteiger partial charge >= 0.3 is 5.69 Å². The van der Waals surface area contributed by atoms with Crippen LogP contribution in [0.15, 0.2) is 18.2 Å². The van der Waals surface area contributed by atoms with Gasteiger partial charge in [-0.1, -0.05) is 6.92 Å². The molecule has 6 heteroatoms. The van der Waals surface area contributed by atoms with E-state index in [4.69, 9.17) is 4.74 Å². The van der Waals surface area contributed by atoms with Gasteiger partial charge in [-0.2, -0.15) is 0 Å². The van der Waals surface area contributed by atoms with Crippen LogP contribution >= 0.6 is 0 Å². The molecule has 0 radical (unpaired) electrons. The quantitative estimate of drug-likeness (QED) is 0.618. The minimum atomic E-state index is -0.392. The van der Waals surface area contributed by atoms with E-state index in [1.807, 2.05) is 19.9 Å². The van der Waals surface area contributed by atoms with Gasteiger partial charge in [-0.3, -0.25) is 10.1 Å². The van der Waals surface area contributed by atoms with Crippen LogP contribution in [-0.4, -0.2) is 36.7 Å². The van der Waals surface area contributed by atoms with E-state index < -0.39 is 4.92 Å². The summed E-state index contributed by atoms with van der Waals surface area (Å²) in [7, 11) is 0. The van der Waals surface area contributed by atoms with Crippen LogP contribution in [0.25, 0.3) is 0 Å². The first-order valence-corrected chi connectivity index (χ1v) is 7.45. The van der Waals surface area contributed by atoms with Crippen molar-refractivity contribution >= 4 is 11.4 Å². The summed E-state index contributed by atoms with van der Waals surface area (Å²) in [5.41, 5.74) is 1.01. The van der Waals surface area contributed by atoms with E-state index in [1.165, 1.54) is 0 Å². The second kappa shape index (κ2) is 6.76. The third-order valence-electron chi connectivity index (χ3n) is 3.50. The second-order valence-electron chi connectivity index (χ2n) is 5.58. The molecule has 116 valence electrons. The Morgan fingerprint density at radius 1 is 1.48 bits per heavy atom. The van der Waals surface area contributed by atoms with Gasteiger partial charge in [0, 0.05) is 37.5 Å². The lowest BCUT2D eigenvalue weighted by molar-refractivity contribution is -0.386. The summed E-state index contributed by atoms with van der Waals surface area (Å²) in [5.74, 6) is 0.348. The zero-order chi connectivity index (χ0) is 15.4. The molecule has 1 aromatic carbocycles. The van der Waals surface area contributed by atoms with Crippen LogP contribution in [0.4, 0.5) is 11.4 Å². The van der Waals surface area contributed by atoms with E-state index in [9.17, 15) is 10.1 Å². The van der Waals surface area contributed by atoms with Crippen molar-refractivity contribution in [3.05, 3.63) is 28.3 Å². The molecule has 0 atom stereocenters. The number of nitrogens with zero attached hydrogens (tertiary/aromatic N) is 2. The van der Waals surface area contributed by atoms with Crippen molar-refractivity contribution in [2.24, 2.45) is 0 Å². The fraction of sp³-hybridized carbons (Fsp3) is 0.600. The normalized spacial score (nSPS) is 14.9. The summed E-state index contributed by atoms with van der Waals surface area (Å²) in [4.78, 5) is 13.0. The number of nitro benzene ring substituents is 1. The van der Waals surface area contributed by atoms with Gasteiger partial charge in [0.1, 0.15) is 0 Å². The summed E-state index contributed by atoms with van der Waals surface area (Å²) < 4.78 is 5.62. The highest BCUT2D eigenvalue weighted by atomic mass is 16.6. The third-order valence-corrected chi connectivity index (χ3v) is 3.50. The van der Waals surface area contributed by atoms with E-state index in [-0.39, 0.29) is 11.8 Å². The van der Waals surface area contributed by atoms with Crippen LogP contribution in [0, 0.1) is 10.1 Å². The number of anilines is 1. The number of rotatable bonds is 7. The lowest BCUT2D eigenvalue weighted by Crippen LogP contribution is -2.57. The molecule has 1 saturated heterocycles. The van der Waals surface area contributed by atoms with Gasteiger partial charge in [-0.05, 0) is 26.3 Å². The summed E-state index contributed by atoms with van der Waals surface area (Å²) >= 11 is 0. The first-order chi connectivity index (χ1) is 10.0. The smallest absolute Gasteiger partial charge is 0.311 e. The van der Waals surface area contributed by atoms with Gasteiger partial charge in [0.15, 0.2) is 5.75 Å². The first-order valence-electron chi connectivity index (χ1n) is 7.45. The van der Waals surface area contributed by atoms with Crippen molar-refractivity contribution < 1.29 is 9.66 Å². The van der Waals surface area contributed by atoms with E-state index >= 15 is 0 Å². The molecule has 0 amide bonds. The van der Waals surface area contributed by atoms with Gasteiger partial charge in [0.05, 0.1) is 17.1 Å². The fourth-order valence-corrected chi connectivity index (χ4v) is 2.44. The Kier molecular flexibility index (Phi) is 5.01. The third kappa shape index (κ3) is 3.64. The van der Waals surface area contributed by atoms with E-state index in [1.54, 1.807) is 12.1 Å². The van der Waals surface area contributed by atoms with Gasteiger partial charge < -0.3 is 15.0 Å².